The fourth-order valence-corrected chi connectivity index (χ4v) is 1.56. The number of ether oxygens (including phenoxy) is 1. The molecule has 0 radical (unpaired) electrons. The number of carbonyl (C=O) groups is 1. The number of anilines is 1. The van der Waals surface area contributed by atoms with Gasteiger partial charge in [-0.2, -0.15) is 0 Å². The van der Waals surface area contributed by atoms with Crippen molar-refractivity contribution in [2.75, 3.05) is 5.73 Å². The zero-order valence-electron chi connectivity index (χ0n) is 10.0. The van der Waals surface area contributed by atoms with Gasteiger partial charge in [0.1, 0.15) is 11.5 Å². The third-order valence-electron chi connectivity index (χ3n) is 2.52. The van der Waals surface area contributed by atoms with Crippen LogP contribution in [0, 0.1) is 6.92 Å². The van der Waals surface area contributed by atoms with Crippen LogP contribution in [-0.2, 0) is 0 Å². The second-order valence-electron chi connectivity index (χ2n) is 4.03. The molecule has 92 valence electrons. The Morgan fingerprint density at radius 3 is 2.39 bits per heavy atom. The van der Waals surface area contributed by atoms with E-state index in [0.29, 0.717) is 17.2 Å². The molecule has 0 heterocycles. The molecule has 2 aromatic carbocycles. The summed E-state index contributed by atoms with van der Waals surface area (Å²) in [6.07, 6.45) is 0. The number of hydrogen-bond donors (Lipinski definition) is 2. The van der Waals surface area contributed by atoms with E-state index in [1.165, 1.54) is 6.07 Å². The molecule has 0 aliphatic heterocycles. The third-order valence-corrected chi connectivity index (χ3v) is 2.52. The maximum atomic E-state index is 11.3. The summed E-state index contributed by atoms with van der Waals surface area (Å²) in [5.41, 5.74) is 12.8. The van der Waals surface area contributed by atoms with Gasteiger partial charge in [0.25, 0.3) is 5.91 Å². The Morgan fingerprint density at radius 1 is 1.11 bits per heavy atom. The van der Waals surface area contributed by atoms with E-state index in [4.69, 9.17) is 16.2 Å². The van der Waals surface area contributed by atoms with Crippen LogP contribution in [0.25, 0.3) is 0 Å². The largest absolute Gasteiger partial charge is 0.457 e. The van der Waals surface area contributed by atoms with Crippen molar-refractivity contribution in [1.82, 2.24) is 0 Å². The second-order valence-corrected chi connectivity index (χ2v) is 4.03. The normalized spacial score (nSPS) is 10.1. The van der Waals surface area contributed by atoms with E-state index < -0.39 is 5.91 Å². The minimum absolute atomic E-state index is 0.274. The molecule has 0 unspecified atom stereocenters. The SMILES string of the molecule is Cc1ccc(Oc2ccc(N)cc2C(N)=O)cc1. The van der Waals surface area contributed by atoms with Crippen LogP contribution in [0.3, 0.4) is 0 Å². The molecule has 0 aliphatic rings. The monoisotopic (exact) mass is 242 g/mol. The smallest absolute Gasteiger partial charge is 0.252 e. The van der Waals surface area contributed by atoms with Crippen LogP contribution in [0.15, 0.2) is 42.5 Å². The van der Waals surface area contributed by atoms with E-state index >= 15 is 0 Å². The van der Waals surface area contributed by atoms with Gasteiger partial charge in [0.15, 0.2) is 0 Å². The lowest BCUT2D eigenvalue weighted by atomic mass is 10.1. The highest BCUT2D eigenvalue weighted by Gasteiger charge is 2.10. The Hall–Kier alpha value is -2.49. The Balaban J connectivity index is 2.34. The fourth-order valence-electron chi connectivity index (χ4n) is 1.56. The average Bonchev–Trinajstić information content (AvgIpc) is 2.34. The number of primary amides is 1. The molecule has 2 rings (SSSR count). The van der Waals surface area contributed by atoms with Crippen molar-refractivity contribution in [2.45, 2.75) is 6.92 Å². The second kappa shape index (κ2) is 4.79. The van der Waals surface area contributed by atoms with Gasteiger partial charge < -0.3 is 16.2 Å². The summed E-state index contributed by atoms with van der Waals surface area (Å²) in [6.45, 7) is 1.99. The van der Waals surface area contributed by atoms with Crippen molar-refractivity contribution >= 4 is 11.6 Å². The lowest BCUT2D eigenvalue weighted by Gasteiger charge is -2.10. The molecule has 0 saturated heterocycles. The molecule has 0 bridgehead atoms. The summed E-state index contributed by atoms with van der Waals surface area (Å²) in [5, 5.41) is 0. The first kappa shape index (κ1) is 12.0. The quantitative estimate of drug-likeness (QED) is 0.811. The highest BCUT2D eigenvalue weighted by molar-refractivity contribution is 5.96. The predicted molar refractivity (Wildman–Crippen MR) is 70.6 cm³/mol. The highest BCUT2D eigenvalue weighted by atomic mass is 16.5. The summed E-state index contributed by atoms with van der Waals surface area (Å²) in [5.74, 6) is 0.484. The Kier molecular flexibility index (Phi) is 3.19. The molecule has 0 aromatic heterocycles. The Morgan fingerprint density at radius 2 is 1.78 bits per heavy atom. The van der Waals surface area contributed by atoms with Crippen molar-refractivity contribution in [3.63, 3.8) is 0 Å². The van der Waals surface area contributed by atoms with Crippen LogP contribution in [0.1, 0.15) is 15.9 Å². The lowest BCUT2D eigenvalue weighted by molar-refractivity contribution is 0.0998. The zero-order chi connectivity index (χ0) is 13.1. The maximum Gasteiger partial charge on any atom is 0.252 e. The fraction of sp³-hybridized carbons (Fsp3) is 0.0714. The van der Waals surface area contributed by atoms with Crippen LogP contribution in [0.4, 0.5) is 5.69 Å². The molecule has 0 atom stereocenters. The molecular weight excluding hydrogens is 228 g/mol. The molecule has 0 aliphatic carbocycles. The van der Waals surface area contributed by atoms with E-state index in [9.17, 15) is 4.79 Å². The lowest BCUT2D eigenvalue weighted by Crippen LogP contribution is -2.12. The first-order valence-electron chi connectivity index (χ1n) is 5.50. The number of nitrogen functional groups attached to an aromatic ring is 1. The minimum atomic E-state index is -0.565. The molecule has 1 amide bonds. The van der Waals surface area contributed by atoms with E-state index in [1.807, 2.05) is 31.2 Å². The van der Waals surface area contributed by atoms with Gasteiger partial charge in [-0.3, -0.25) is 4.79 Å². The molecule has 0 fully saturated rings. The van der Waals surface area contributed by atoms with Crippen LogP contribution < -0.4 is 16.2 Å². The first-order chi connectivity index (χ1) is 8.56. The van der Waals surface area contributed by atoms with Crippen molar-refractivity contribution in [3.05, 3.63) is 53.6 Å². The summed E-state index contributed by atoms with van der Waals surface area (Å²) in [7, 11) is 0. The average molecular weight is 242 g/mol. The first-order valence-corrected chi connectivity index (χ1v) is 5.50. The van der Waals surface area contributed by atoms with Gasteiger partial charge in [0.2, 0.25) is 0 Å². The molecule has 0 spiro atoms. The minimum Gasteiger partial charge on any atom is -0.457 e. The summed E-state index contributed by atoms with van der Waals surface area (Å²) in [6, 6.07) is 12.3. The van der Waals surface area contributed by atoms with E-state index in [2.05, 4.69) is 0 Å². The third kappa shape index (κ3) is 2.60. The van der Waals surface area contributed by atoms with Crippen molar-refractivity contribution in [1.29, 1.82) is 0 Å². The standard InChI is InChI=1S/C14H14N2O2/c1-9-2-5-11(6-3-9)18-13-7-4-10(15)8-12(13)14(16)17/h2-8H,15H2,1H3,(H2,16,17). The highest BCUT2D eigenvalue weighted by Crippen LogP contribution is 2.27. The summed E-state index contributed by atoms with van der Waals surface area (Å²) >= 11 is 0. The molecule has 18 heavy (non-hydrogen) atoms. The van der Waals surface area contributed by atoms with Gasteiger partial charge in [-0.1, -0.05) is 17.7 Å². The molecule has 4 heteroatoms. The number of aryl methyl sites for hydroxylation is 1. The van der Waals surface area contributed by atoms with Crippen molar-refractivity contribution in [3.8, 4) is 11.5 Å². The van der Waals surface area contributed by atoms with Gasteiger partial charge in [0, 0.05) is 5.69 Å². The number of benzene rings is 2. The summed E-state index contributed by atoms with van der Waals surface area (Å²) in [4.78, 5) is 11.3. The molecule has 4 nitrogen and oxygen atoms in total. The van der Waals surface area contributed by atoms with Crippen molar-refractivity contribution in [2.24, 2.45) is 5.73 Å². The van der Waals surface area contributed by atoms with Gasteiger partial charge in [-0.25, -0.2) is 0 Å². The zero-order valence-corrected chi connectivity index (χ0v) is 10.0. The number of nitrogens with two attached hydrogens (primary N) is 2. The number of hydrogen-bond acceptors (Lipinski definition) is 3. The van der Waals surface area contributed by atoms with Crippen LogP contribution in [-0.4, -0.2) is 5.91 Å². The predicted octanol–water partition coefficient (Wildman–Crippen LogP) is 2.47. The van der Waals surface area contributed by atoms with Crippen LogP contribution in [0.2, 0.25) is 0 Å². The van der Waals surface area contributed by atoms with Crippen LogP contribution in [0.5, 0.6) is 11.5 Å². The van der Waals surface area contributed by atoms with E-state index in [-0.39, 0.29) is 5.56 Å². The molecule has 0 saturated carbocycles. The molecule has 2 aromatic rings. The molecular formula is C14H14N2O2. The Bertz CT molecular complexity index is 577. The van der Waals surface area contributed by atoms with Gasteiger partial charge in [-0.05, 0) is 37.3 Å². The molecule has 4 N–H and O–H groups in total. The number of amides is 1. The van der Waals surface area contributed by atoms with Gasteiger partial charge in [0.05, 0.1) is 5.56 Å². The van der Waals surface area contributed by atoms with Crippen molar-refractivity contribution < 1.29 is 9.53 Å². The maximum absolute atomic E-state index is 11.3. The van der Waals surface area contributed by atoms with Crippen LogP contribution >= 0.6 is 0 Å². The van der Waals surface area contributed by atoms with E-state index in [1.54, 1.807) is 12.1 Å². The van der Waals surface area contributed by atoms with E-state index in [0.717, 1.165) is 5.56 Å². The van der Waals surface area contributed by atoms with Gasteiger partial charge >= 0.3 is 0 Å². The number of carbonyl (C=O) groups excluding carboxylic acids is 1. The topological polar surface area (TPSA) is 78.3 Å². The summed E-state index contributed by atoms with van der Waals surface area (Å²) < 4.78 is 5.62. The number of rotatable bonds is 3. The Labute approximate surface area is 105 Å². The van der Waals surface area contributed by atoms with Gasteiger partial charge in [-0.15, -0.1) is 0 Å².